The Morgan fingerprint density at radius 2 is 1.77 bits per heavy atom. The van der Waals surface area contributed by atoms with Gasteiger partial charge in [0.2, 0.25) is 5.91 Å². The fourth-order valence-corrected chi connectivity index (χ4v) is 3.06. The predicted molar refractivity (Wildman–Crippen MR) is 86.4 cm³/mol. The molecule has 0 saturated carbocycles. The summed E-state index contributed by atoms with van der Waals surface area (Å²) in [5.74, 6) is -0.185. The number of amides is 2. The molecule has 0 unspecified atom stereocenters. The van der Waals surface area contributed by atoms with Crippen LogP contribution in [0, 0.1) is 5.92 Å². The van der Waals surface area contributed by atoms with E-state index < -0.39 is 0 Å². The lowest BCUT2D eigenvalue weighted by Crippen LogP contribution is -2.42. The van der Waals surface area contributed by atoms with E-state index in [0.717, 1.165) is 18.2 Å². The zero-order valence-electron chi connectivity index (χ0n) is 12.9. The van der Waals surface area contributed by atoms with Crippen molar-refractivity contribution in [2.75, 3.05) is 0 Å². The largest absolute Gasteiger partial charge is 0.273 e. The molecule has 0 aromatic heterocycles. The van der Waals surface area contributed by atoms with Crippen LogP contribution in [0.3, 0.4) is 0 Å². The van der Waals surface area contributed by atoms with Crippen LogP contribution in [0.25, 0.3) is 10.8 Å². The van der Waals surface area contributed by atoms with E-state index in [1.807, 2.05) is 38.1 Å². The Labute approximate surface area is 129 Å². The molecule has 0 spiro atoms. The molecule has 0 radical (unpaired) electrons. The third kappa shape index (κ3) is 2.69. The minimum Gasteiger partial charge on any atom is -0.273 e. The fourth-order valence-electron chi connectivity index (χ4n) is 3.06. The molecular weight excluding hydrogens is 276 g/mol. The van der Waals surface area contributed by atoms with E-state index in [-0.39, 0.29) is 17.7 Å². The van der Waals surface area contributed by atoms with Crippen LogP contribution in [0.5, 0.6) is 0 Å². The molecule has 2 aromatic carbocycles. The monoisotopic (exact) mass is 296 g/mol. The van der Waals surface area contributed by atoms with Crippen molar-refractivity contribution in [1.29, 1.82) is 0 Å². The van der Waals surface area contributed by atoms with E-state index in [1.54, 1.807) is 0 Å². The summed E-state index contributed by atoms with van der Waals surface area (Å²) in [6.45, 7) is 3.93. The van der Waals surface area contributed by atoms with Crippen molar-refractivity contribution >= 4 is 22.6 Å². The second-order valence-electron chi connectivity index (χ2n) is 6.21. The van der Waals surface area contributed by atoms with Crippen molar-refractivity contribution in [3.63, 3.8) is 0 Å². The number of rotatable bonds is 3. The van der Waals surface area contributed by atoms with Gasteiger partial charge in [0.25, 0.3) is 5.91 Å². The van der Waals surface area contributed by atoms with Crippen molar-refractivity contribution < 1.29 is 9.59 Å². The Balaban J connectivity index is 1.82. The Hall–Kier alpha value is -2.36. The molecule has 0 heterocycles. The first-order valence-corrected chi connectivity index (χ1v) is 7.69. The summed E-state index contributed by atoms with van der Waals surface area (Å²) >= 11 is 0. The van der Waals surface area contributed by atoms with Crippen LogP contribution in [0.2, 0.25) is 0 Å². The second-order valence-corrected chi connectivity index (χ2v) is 6.21. The number of carbonyl (C=O) groups excluding carboxylic acids is 2. The van der Waals surface area contributed by atoms with Gasteiger partial charge in [0.05, 0.1) is 0 Å². The number of hydrogen-bond acceptors (Lipinski definition) is 2. The number of aryl methyl sites for hydroxylation is 2. The predicted octanol–water partition coefficient (Wildman–Crippen LogP) is 2.75. The highest BCUT2D eigenvalue weighted by Gasteiger charge is 2.18. The normalized spacial score (nSPS) is 12.7. The Kier molecular flexibility index (Phi) is 3.84. The van der Waals surface area contributed by atoms with Crippen LogP contribution in [-0.2, 0) is 17.6 Å². The smallest absolute Gasteiger partial charge is 0.270 e. The molecule has 4 heteroatoms. The first-order chi connectivity index (χ1) is 10.6. The van der Waals surface area contributed by atoms with Gasteiger partial charge in [-0.15, -0.1) is 0 Å². The molecule has 4 nitrogen and oxygen atoms in total. The highest BCUT2D eigenvalue weighted by molar-refractivity contribution is 6.09. The SMILES string of the molecule is CC(C)CC(=O)NNC(=O)c1ccc2c3c(cccc13)CC2. The molecule has 3 rings (SSSR count). The molecule has 2 aromatic rings. The molecule has 0 bridgehead atoms. The Morgan fingerprint density at radius 1 is 1.05 bits per heavy atom. The lowest BCUT2D eigenvalue weighted by molar-refractivity contribution is -0.122. The van der Waals surface area contributed by atoms with Crippen LogP contribution < -0.4 is 10.9 Å². The number of hydrogen-bond donors (Lipinski definition) is 2. The molecule has 1 aliphatic rings. The summed E-state index contributed by atoms with van der Waals surface area (Å²) in [5.41, 5.74) is 8.20. The Morgan fingerprint density at radius 3 is 2.50 bits per heavy atom. The average Bonchev–Trinajstić information content (AvgIpc) is 2.90. The van der Waals surface area contributed by atoms with Gasteiger partial charge in [0.1, 0.15) is 0 Å². The van der Waals surface area contributed by atoms with Crippen molar-refractivity contribution in [2.45, 2.75) is 33.1 Å². The van der Waals surface area contributed by atoms with Gasteiger partial charge in [0, 0.05) is 12.0 Å². The summed E-state index contributed by atoms with van der Waals surface area (Å²) in [7, 11) is 0. The van der Waals surface area contributed by atoms with Gasteiger partial charge >= 0.3 is 0 Å². The number of hydrazine groups is 1. The van der Waals surface area contributed by atoms with Gasteiger partial charge < -0.3 is 0 Å². The summed E-state index contributed by atoms with van der Waals surface area (Å²) in [4.78, 5) is 24.0. The van der Waals surface area contributed by atoms with Crippen LogP contribution in [-0.4, -0.2) is 11.8 Å². The van der Waals surface area contributed by atoms with Crippen molar-refractivity contribution in [1.82, 2.24) is 10.9 Å². The molecule has 1 aliphatic carbocycles. The number of nitrogens with one attached hydrogen (secondary N) is 2. The van der Waals surface area contributed by atoms with E-state index in [9.17, 15) is 9.59 Å². The third-order valence-corrected chi connectivity index (χ3v) is 4.03. The van der Waals surface area contributed by atoms with Gasteiger partial charge in [0.15, 0.2) is 0 Å². The quantitative estimate of drug-likeness (QED) is 0.856. The topological polar surface area (TPSA) is 58.2 Å². The first-order valence-electron chi connectivity index (χ1n) is 7.69. The summed E-state index contributed by atoms with van der Waals surface area (Å²) in [6.07, 6.45) is 2.45. The van der Waals surface area contributed by atoms with E-state index in [2.05, 4.69) is 16.9 Å². The lowest BCUT2D eigenvalue weighted by Gasteiger charge is -2.11. The molecule has 2 amide bonds. The molecule has 0 aliphatic heterocycles. The highest BCUT2D eigenvalue weighted by Crippen LogP contribution is 2.32. The van der Waals surface area contributed by atoms with Crippen LogP contribution in [0.15, 0.2) is 30.3 Å². The standard InChI is InChI=1S/C18H20N2O2/c1-11(2)10-16(21)19-20-18(22)15-9-8-13-7-6-12-4-3-5-14(15)17(12)13/h3-5,8-9,11H,6-7,10H2,1-2H3,(H,19,21)(H,20,22). The molecule has 0 saturated heterocycles. The van der Waals surface area contributed by atoms with Gasteiger partial charge in [-0.2, -0.15) is 0 Å². The summed E-state index contributed by atoms with van der Waals surface area (Å²) in [5, 5.41) is 2.16. The fraction of sp³-hybridized carbons (Fsp3) is 0.333. The van der Waals surface area contributed by atoms with Gasteiger partial charge in [-0.1, -0.05) is 38.1 Å². The number of carbonyl (C=O) groups is 2. The molecule has 0 fully saturated rings. The van der Waals surface area contributed by atoms with Crippen molar-refractivity contribution in [2.24, 2.45) is 5.92 Å². The molecule has 114 valence electrons. The maximum absolute atomic E-state index is 12.4. The van der Waals surface area contributed by atoms with Gasteiger partial charge in [-0.3, -0.25) is 20.4 Å². The van der Waals surface area contributed by atoms with E-state index in [0.29, 0.717) is 12.0 Å². The summed E-state index contributed by atoms with van der Waals surface area (Å²) in [6, 6.07) is 9.94. The average molecular weight is 296 g/mol. The molecule has 0 atom stereocenters. The highest BCUT2D eigenvalue weighted by atomic mass is 16.2. The zero-order valence-corrected chi connectivity index (χ0v) is 12.9. The van der Waals surface area contributed by atoms with Crippen LogP contribution >= 0.6 is 0 Å². The molecule has 22 heavy (non-hydrogen) atoms. The maximum atomic E-state index is 12.4. The lowest BCUT2D eigenvalue weighted by atomic mass is 10.00. The van der Waals surface area contributed by atoms with Gasteiger partial charge in [-0.25, -0.2) is 0 Å². The Bertz CT molecular complexity index is 740. The van der Waals surface area contributed by atoms with E-state index >= 15 is 0 Å². The minimum absolute atomic E-state index is 0.172. The second kappa shape index (κ2) is 5.79. The van der Waals surface area contributed by atoms with Gasteiger partial charge in [-0.05, 0) is 46.7 Å². The summed E-state index contributed by atoms with van der Waals surface area (Å²) < 4.78 is 0. The minimum atomic E-state index is -0.271. The van der Waals surface area contributed by atoms with E-state index in [1.165, 1.54) is 16.5 Å². The molecule has 2 N–H and O–H groups in total. The van der Waals surface area contributed by atoms with E-state index in [4.69, 9.17) is 0 Å². The maximum Gasteiger partial charge on any atom is 0.270 e. The third-order valence-electron chi connectivity index (χ3n) is 4.03. The first kappa shape index (κ1) is 14.6. The zero-order chi connectivity index (χ0) is 15.7. The number of benzene rings is 2. The molecular formula is C18H20N2O2. The van der Waals surface area contributed by atoms with Crippen LogP contribution in [0.1, 0.15) is 41.8 Å². The van der Waals surface area contributed by atoms with Crippen molar-refractivity contribution in [3.05, 3.63) is 47.0 Å². The van der Waals surface area contributed by atoms with Crippen molar-refractivity contribution in [3.8, 4) is 0 Å². The van der Waals surface area contributed by atoms with Crippen LogP contribution in [0.4, 0.5) is 0 Å².